The number of amides is 1. The molecule has 7 heteroatoms. The molecule has 2 aliphatic rings. The van der Waals surface area contributed by atoms with Gasteiger partial charge in [-0.05, 0) is 62.0 Å². The highest BCUT2D eigenvalue weighted by atomic mass is 35.5. The first-order valence-electron chi connectivity index (χ1n) is 8.43. The van der Waals surface area contributed by atoms with Gasteiger partial charge >= 0.3 is 0 Å². The molecule has 2 fully saturated rings. The van der Waals surface area contributed by atoms with E-state index in [-0.39, 0.29) is 18.3 Å². The lowest BCUT2D eigenvalue weighted by molar-refractivity contribution is 0.0748. The topological polar surface area (TPSA) is 58.4 Å². The van der Waals surface area contributed by atoms with Gasteiger partial charge in [0.25, 0.3) is 5.91 Å². The Kier molecular flexibility index (Phi) is 5.67. The second-order valence-electron chi connectivity index (χ2n) is 6.63. The molecule has 0 unspecified atom stereocenters. The highest BCUT2D eigenvalue weighted by Crippen LogP contribution is 2.28. The zero-order valence-electron chi connectivity index (χ0n) is 13.8. The van der Waals surface area contributed by atoms with Crippen molar-refractivity contribution in [2.45, 2.75) is 12.8 Å². The summed E-state index contributed by atoms with van der Waals surface area (Å²) in [4.78, 5) is 14.7. The Bertz CT molecular complexity index is 718. The Balaban J connectivity index is 0.00000182. The average molecular weight is 382 g/mol. The fourth-order valence-electron chi connectivity index (χ4n) is 3.71. The molecule has 0 bridgehead atoms. The number of carbonyl (C=O) groups excluding carboxylic acids is 1. The molecular weight excluding hydrogens is 361 g/mol. The second kappa shape index (κ2) is 7.77. The van der Waals surface area contributed by atoms with Crippen molar-refractivity contribution in [2.24, 2.45) is 11.8 Å². The number of hydrogen-bond acceptors (Lipinski definition) is 4. The van der Waals surface area contributed by atoms with Gasteiger partial charge < -0.3 is 14.7 Å². The minimum atomic E-state index is -0.0353. The number of halogens is 2. The van der Waals surface area contributed by atoms with E-state index in [0.717, 1.165) is 44.6 Å². The molecule has 134 valence electrons. The number of rotatable bonds is 2. The van der Waals surface area contributed by atoms with Gasteiger partial charge in [-0.25, -0.2) is 0 Å². The number of aromatic nitrogens is 1. The van der Waals surface area contributed by atoms with Crippen LogP contribution in [0.3, 0.4) is 0 Å². The normalized spacial score (nSPS) is 22.8. The molecule has 4 rings (SSSR count). The number of carbonyl (C=O) groups is 1. The molecule has 1 aromatic carbocycles. The summed E-state index contributed by atoms with van der Waals surface area (Å²) in [5.41, 5.74) is 1.24. The van der Waals surface area contributed by atoms with E-state index in [9.17, 15) is 4.79 Å². The number of nitrogens with one attached hydrogen (secondary N) is 1. The summed E-state index contributed by atoms with van der Waals surface area (Å²) >= 11 is 5.90. The number of hydrogen-bond donors (Lipinski definition) is 1. The zero-order chi connectivity index (χ0) is 16.5. The van der Waals surface area contributed by atoms with Crippen molar-refractivity contribution in [3.05, 3.63) is 41.0 Å². The Morgan fingerprint density at radius 2 is 1.80 bits per heavy atom. The van der Waals surface area contributed by atoms with Gasteiger partial charge in [0.1, 0.15) is 0 Å². The average Bonchev–Trinajstić information content (AvgIpc) is 3.21. The van der Waals surface area contributed by atoms with Gasteiger partial charge in [-0.15, -0.1) is 12.4 Å². The van der Waals surface area contributed by atoms with E-state index in [1.165, 1.54) is 0 Å². The van der Waals surface area contributed by atoms with Crippen LogP contribution >= 0.6 is 24.0 Å². The maximum atomic E-state index is 12.7. The van der Waals surface area contributed by atoms with Crippen LogP contribution in [0, 0.1) is 11.8 Å². The van der Waals surface area contributed by atoms with Gasteiger partial charge in [-0.3, -0.25) is 4.79 Å². The van der Waals surface area contributed by atoms with E-state index < -0.39 is 0 Å². The van der Waals surface area contributed by atoms with E-state index in [0.29, 0.717) is 28.3 Å². The van der Waals surface area contributed by atoms with Crippen LogP contribution in [0.15, 0.2) is 34.9 Å². The van der Waals surface area contributed by atoms with Crippen LogP contribution in [-0.4, -0.2) is 42.1 Å². The molecule has 2 aromatic rings. The summed E-state index contributed by atoms with van der Waals surface area (Å²) in [6, 6.07) is 9.03. The molecule has 2 atom stereocenters. The SMILES string of the molecule is Cl.O=C(c1cc(-c2ccc(Cl)cc2)on1)N1CC[C@@H]2CNC[C@@H]2CC1. The molecule has 1 N–H and O–H groups in total. The van der Waals surface area contributed by atoms with Gasteiger partial charge in [0.2, 0.25) is 0 Å². The van der Waals surface area contributed by atoms with Crippen LogP contribution < -0.4 is 5.32 Å². The largest absolute Gasteiger partial charge is 0.355 e. The van der Waals surface area contributed by atoms with Crippen molar-refractivity contribution >= 4 is 29.9 Å². The first kappa shape index (κ1) is 18.2. The Morgan fingerprint density at radius 3 is 2.44 bits per heavy atom. The van der Waals surface area contributed by atoms with Gasteiger partial charge in [0.15, 0.2) is 11.5 Å². The van der Waals surface area contributed by atoms with Crippen molar-refractivity contribution in [1.82, 2.24) is 15.4 Å². The van der Waals surface area contributed by atoms with Gasteiger partial charge in [-0.1, -0.05) is 16.8 Å². The van der Waals surface area contributed by atoms with Gasteiger partial charge in [-0.2, -0.15) is 0 Å². The van der Waals surface area contributed by atoms with Crippen molar-refractivity contribution in [3.63, 3.8) is 0 Å². The van der Waals surface area contributed by atoms with Gasteiger partial charge in [0.05, 0.1) is 0 Å². The Morgan fingerprint density at radius 1 is 1.16 bits per heavy atom. The predicted octanol–water partition coefficient (Wildman–Crippen LogP) is 3.49. The lowest BCUT2D eigenvalue weighted by Gasteiger charge is -2.19. The van der Waals surface area contributed by atoms with E-state index in [1.54, 1.807) is 18.2 Å². The summed E-state index contributed by atoms with van der Waals surface area (Å²) in [7, 11) is 0. The Hall–Kier alpha value is -1.56. The minimum Gasteiger partial charge on any atom is -0.355 e. The fraction of sp³-hybridized carbons (Fsp3) is 0.444. The molecule has 25 heavy (non-hydrogen) atoms. The summed E-state index contributed by atoms with van der Waals surface area (Å²) < 4.78 is 5.36. The van der Waals surface area contributed by atoms with Crippen molar-refractivity contribution in [3.8, 4) is 11.3 Å². The molecule has 0 spiro atoms. The molecule has 1 aromatic heterocycles. The molecule has 3 heterocycles. The van der Waals surface area contributed by atoms with Crippen LogP contribution in [-0.2, 0) is 0 Å². The summed E-state index contributed by atoms with van der Waals surface area (Å²) in [5.74, 6) is 1.95. The zero-order valence-corrected chi connectivity index (χ0v) is 15.4. The lowest BCUT2D eigenvalue weighted by Crippen LogP contribution is -2.32. The predicted molar refractivity (Wildman–Crippen MR) is 99.2 cm³/mol. The molecule has 0 aliphatic carbocycles. The third-order valence-electron chi connectivity index (χ3n) is 5.16. The van der Waals surface area contributed by atoms with Crippen LogP contribution in [0.4, 0.5) is 0 Å². The monoisotopic (exact) mass is 381 g/mol. The van der Waals surface area contributed by atoms with Crippen LogP contribution in [0.2, 0.25) is 5.02 Å². The summed E-state index contributed by atoms with van der Waals surface area (Å²) in [6.07, 6.45) is 2.12. The molecule has 2 aliphatic heterocycles. The number of likely N-dealkylation sites (tertiary alicyclic amines) is 1. The number of nitrogens with zero attached hydrogens (tertiary/aromatic N) is 2. The van der Waals surface area contributed by atoms with Crippen molar-refractivity contribution in [1.29, 1.82) is 0 Å². The van der Waals surface area contributed by atoms with Crippen molar-refractivity contribution in [2.75, 3.05) is 26.2 Å². The van der Waals surface area contributed by atoms with Crippen molar-refractivity contribution < 1.29 is 9.32 Å². The fourth-order valence-corrected chi connectivity index (χ4v) is 3.84. The first-order chi connectivity index (χ1) is 11.7. The highest BCUT2D eigenvalue weighted by molar-refractivity contribution is 6.30. The molecule has 2 saturated heterocycles. The highest BCUT2D eigenvalue weighted by Gasteiger charge is 2.32. The minimum absolute atomic E-state index is 0. The van der Waals surface area contributed by atoms with Crippen LogP contribution in [0.5, 0.6) is 0 Å². The first-order valence-corrected chi connectivity index (χ1v) is 8.81. The molecule has 5 nitrogen and oxygen atoms in total. The van der Waals surface area contributed by atoms with E-state index in [1.807, 2.05) is 17.0 Å². The quantitative estimate of drug-likeness (QED) is 0.864. The van der Waals surface area contributed by atoms with E-state index in [2.05, 4.69) is 10.5 Å². The molecule has 0 saturated carbocycles. The maximum absolute atomic E-state index is 12.7. The smallest absolute Gasteiger partial charge is 0.276 e. The number of benzene rings is 1. The number of fused-ring (bicyclic) bond motifs is 1. The summed E-state index contributed by atoms with van der Waals surface area (Å²) in [5, 5.41) is 8.10. The van der Waals surface area contributed by atoms with Gasteiger partial charge in [0, 0.05) is 29.7 Å². The molecule has 1 amide bonds. The summed E-state index contributed by atoms with van der Waals surface area (Å²) in [6.45, 7) is 3.75. The Labute approximate surface area is 158 Å². The third-order valence-corrected chi connectivity index (χ3v) is 5.42. The third kappa shape index (κ3) is 3.84. The standard InChI is InChI=1S/C18H20ClN3O2.ClH/c19-15-3-1-12(2-4-15)17-9-16(21-24-17)18(23)22-7-5-13-10-20-11-14(13)6-8-22;/h1-4,9,13-14,20H,5-8,10-11H2;1H/t13-,14+;. The second-order valence-corrected chi connectivity index (χ2v) is 7.07. The molecular formula is C18H21Cl2N3O2. The van der Waals surface area contributed by atoms with E-state index in [4.69, 9.17) is 16.1 Å². The maximum Gasteiger partial charge on any atom is 0.276 e. The van der Waals surface area contributed by atoms with Crippen LogP contribution in [0.1, 0.15) is 23.3 Å². The van der Waals surface area contributed by atoms with E-state index >= 15 is 0 Å². The molecule has 0 radical (unpaired) electrons. The van der Waals surface area contributed by atoms with Crippen LogP contribution in [0.25, 0.3) is 11.3 Å². The lowest BCUT2D eigenvalue weighted by atomic mass is 9.92.